The Bertz CT molecular complexity index is 779. The molecule has 1 aliphatic heterocycles. The van der Waals surface area contributed by atoms with E-state index in [1.165, 1.54) is 17.7 Å². The highest BCUT2D eigenvalue weighted by molar-refractivity contribution is 9.10. The smallest absolute Gasteiger partial charge is 0.170 e. The molecule has 0 radical (unpaired) electrons. The summed E-state index contributed by atoms with van der Waals surface area (Å²) in [7, 11) is 0. The van der Waals surface area contributed by atoms with Gasteiger partial charge in [-0.15, -0.1) is 0 Å². The summed E-state index contributed by atoms with van der Waals surface area (Å²) in [4.78, 5) is 7.68. The van der Waals surface area contributed by atoms with Gasteiger partial charge in [0.05, 0.1) is 13.2 Å². The van der Waals surface area contributed by atoms with E-state index in [1.807, 2.05) is 18.2 Å². The molecule has 2 N–H and O–H groups in total. The SMILES string of the molecule is NC(=NOCc1ccc(F)cc1Br)c1cccc(CN2CCOCC2)c1. The lowest BCUT2D eigenvalue weighted by molar-refractivity contribution is 0.0342. The van der Waals surface area contributed by atoms with Crippen molar-refractivity contribution in [3.05, 3.63) is 69.4 Å². The predicted molar refractivity (Wildman–Crippen MR) is 102 cm³/mol. The van der Waals surface area contributed by atoms with Crippen LogP contribution in [0, 0.1) is 5.82 Å². The molecule has 0 aromatic heterocycles. The second-order valence-corrected chi connectivity index (χ2v) is 6.93. The van der Waals surface area contributed by atoms with Gasteiger partial charge in [0, 0.05) is 35.2 Å². The summed E-state index contributed by atoms with van der Waals surface area (Å²) in [5.74, 6) is 0.00721. The van der Waals surface area contributed by atoms with Crippen molar-refractivity contribution in [2.24, 2.45) is 10.9 Å². The summed E-state index contributed by atoms with van der Waals surface area (Å²) in [6, 6.07) is 12.4. The zero-order valence-electron chi connectivity index (χ0n) is 14.3. The van der Waals surface area contributed by atoms with E-state index in [9.17, 15) is 4.39 Å². The predicted octanol–water partition coefficient (Wildman–Crippen LogP) is 3.26. The van der Waals surface area contributed by atoms with Crippen molar-refractivity contribution in [1.29, 1.82) is 0 Å². The van der Waals surface area contributed by atoms with Gasteiger partial charge in [-0.05, 0) is 23.8 Å². The molecule has 1 saturated heterocycles. The second kappa shape index (κ2) is 9.12. The molecule has 1 aliphatic rings. The van der Waals surface area contributed by atoms with Crippen molar-refractivity contribution in [1.82, 2.24) is 4.90 Å². The molecular weight excluding hydrogens is 401 g/mol. The first-order valence-corrected chi connectivity index (χ1v) is 9.20. The highest BCUT2D eigenvalue weighted by atomic mass is 79.9. The number of amidine groups is 1. The maximum atomic E-state index is 13.1. The van der Waals surface area contributed by atoms with Crippen LogP contribution < -0.4 is 5.73 Å². The molecule has 7 heteroatoms. The van der Waals surface area contributed by atoms with E-state index < -0.39 is 0 Å². The van der Waals surface area contributed by atoms with Gasteiger partial charge in [0.2, 0.25) is 0 Å². The molecule has 0 saturated carbocycles. The van der Waals surface area contributed by atoms with Crippen molar-refractivity contribution >= 4 is 21.8 Å². The maximum Gasteiger partial charge on any atom is 0.170 e. The Labute approximate surface area is 160 Å². The van der Waals surface area contributed by atoms with Gasteiger partial charge in [-0.3, -0.25) is 4.90 Å². The lowest BCUT2D eigenvalue weighted by atomic mass is 10.1. The van der Waals surface area contributed by atoms with Crippen molar-refractivity contribution < 1.29 is 14.0 Å². The number of hydrogen-bond acceptors (Lipinski definition) is 4. The Kier molecular flexibility index (Phi) is 6.60. The van der Waals surface area contributed by atoms with Crippen LogP contribution in [-0.2, 0) is 22.7 Å². The fourth-order valence-corrected chi connectivity index (χ4v) is 3.17. The van der Waals surface area contributed by atoms with Crippen LogP contribution in [0.5, 0.6) is 0 Å². The van der Waals surface area contributed by atoms with Crippen LogP contribution in [0.4, 0.5) is 4.39 Å². The Morgan fingerprint density at radius 3 is 2.81 bits per heavy atom. The summed E-state index contributed by atoms with van der Waals surface area (Å²) in [5, 5.41) is 3.99. The van der Waals surface area contributed by atoms with Crippen molar-refractivity contribution in [2.45, 2.75) is 13.2 Å². The Morgan fingerprint density at radius 2 is 2.04 bits per heavy atom. The summed E-state index contributed by atoms with van der Waals surface area (Å²) in [6.45, 7) is 4.47. The molecule has 1 heterocycles. The number of oxime groups is 1. The molecule has 0 amide bonds. The molecule has 0 spiro atoms. The van der Waals surface area contributed by atoms with Gasteiger partial charge in [0.25, 0.3) is 0 Å². The lowest BCUT2D eigenvalue weighted by Crippen LogP contribution is -2.35. The molecule has 5 nitrogen and oxygen atoms in total. The van der Waals surface area contributed by atoms with Crippen LogP contribution in [0.25, 0.3) is 0 Å². The largest absolute Gasteiger partial charge is 0.389 e. The average Bonchev–Trinajstić information content (AvgIpc) is 2.64. The lowest BCUT2D eigenvalue weighted by Gasteiger charge is -2.26. The zero-order chi connectivity index (χ0) is 18.4. The average molecular weight is 422 g/mol. The van der Waals surface area contributed by atoms with E-state index in [4.69, 9.17) is 15.3 Å². The quantitative estimate of drug-likeness (QED) is 0.441. The van der Waals surface area contributed by atoms with E-state index in [1.54, 1.807) is 6.07 Å². The fourth-order valence-electron chi connectivity index (χ4n) is 2.71. The number of nitrogens with two attached hydrogens (primary N) is 1. The van der Waals surface area contributed by atoms with E-state index >= 15 is 0 Å². The number of benzene rings is 2. The summed E-state index contributed by atoms with van der Waals surface area (Å²) < 4.78 is 19.1. The number of rotatable bonds is 6. The topological polar surface area (TPSA) is 60.1 Å². The van der Waals surface area contributed by atoms with E-state index in [-0.39, 0.29) is 12.4 Å². The first-order chi connectivity index (χ1) is 12.6. The number of ether oxygens (including phenoxy) is 1. The second-order valence-electron chi connectivity index (χ2n) is 6.07. The maximum absolute atomic E-state index is 13.1. The van der Waals surface area contributed by atoms with Crippen LogP contribution in [0.2, 0.25) is 0 Å². The minimum absolute atomic E-state index is 0.203. The van der Waals surface area contributed by atoms with Crippen LogP contribution in [0.15, 0.2) is 52.1 Å². The monoisotopic (exact) mass is 421 g/mol. The van der Waals surface area contributed by atoms with Gasteiger partial charge in [-0.1, -0.05) is 45.4 Å². The van der Waals surface area contributed by atoms with Gasteiger partial charge >= 0.3 is 0 Å². The Balaban J connectivity index is 1.60. The molecule has 2 aromatic rings. The molecule has 0 atom stereocenters. The minimum Gasteiger partial charge on any atom is -0.389 e. The third kappa shape index (κ3) is 5.27. The van der Waals surface area contributed by atoms with E-state index in [0.29, 0.717) is 10.3 Å². The first kappa shape index (κ1) is 18.8. The van der Waals surface area contributed by atoms with Gasteiger partial charge in [-0.2, -0.15) is 0 Å². The summed E-state index contributed by atoms with van der Waals surface area (Å²) >= 11 is 3.30. The van der Waals surface area contributed by atoms with Gasteiger partial charge in [0.1, 0.15) is 12.4 Å². The van der Waals surface area contributed by atoms with Crippen LogP contribution in [-0.4, -0.2) is 37.0 Å². The highest BCUT2D eigenvalue weighted by Crippen LogP contribution is 2.19. The number of hydrogen-bond donors (Lipinski definition) is 1. The first-order valence-electron chi connectivity index (χ1n) is 8.40. The third-order valence-corrected chi connectivity index (χ3v) is 4.87. The molecule has 1 fully saturated rings. The van der Waals surface area contributed by atoms with Gasteiger partial charge in [-0.25, -0.2) is 4.39 Å². The number of nitrogens with zero attached hydrogens (tertiary/aromatic N) is 2. The molecule has 3 rings (SSSR count). The highest BCUT2D eigenvalue weighted by Gasteiger charge is 2.11. The van der Waals surface area contributed by atoms with Crippen molar-refractivity contribution in [2.75, 3.05) is 26.3 Å². The normalized spacial score (nSPS) is 15.8. The van der Waals surface area contributed by atoms with Gasteiger partial charge in [0.15, 0.2) is 5.84 Å². The fraction of sp³-hybridized carbons (Fsp3) is 0.316. The molecule has 0 unspecified atom stereocenters. The molecule has 0 bridgehead atoms. The molecule has 138 valence electrons. The van der Waals surface area contributed by atoms with E-state index in [0.717, 1.165) is 44.0 Å². The molecule has 26 heavy (non-hydrogen) atoms. The standard InChI is InChI=1S/C19H21BrFN3O2/c20-18-11-17(21)5-4-16(18)13-26-23-19(22)15-3-1-2-14(10-15)12-24-6-8-25-9-7-24/h1-5,10-11H,6-9,12-13H2,(H2,22,23). The summed E-state index contributed by atoms with van der Waals surface area (Å²) in [6.07, 6.45) is 0. The van der Waals surface area contributed by atoms with Gasteiger partial charge < -0.3 is 15.3 Å². The molecule has 0 aliphatic carbocycles. The van der Waals surface area contributed by atoms with E-state index in [2.05, 4.69) is 32.1 Å². The number of halogens is 2. The summed E-state index contributed by atoms with van der Waals surface area (Å²) in [5.41, 5.74) is 8.82. The van der Waals surface area contributed by atoms with Crippen molar-refractivity contribution in [3.63, 3.8) is 0 Å². The Hall–Kier alpha value is -1.96. The van der Waals surface area contributed by atoms with Crippen LogP contribution >= 0.6 is 15.9 Å². The third-order valence-electron chi connectivity index (χ3n) is 4.13. The minimum atomic E-state index is -0.305. The molecular formula is C19H21BrFN3O2. The number of morpholine rings is 1. The van der Waals surface area contributed by atoms with Crippen molar-refractivity contribution in [3.8, 4) is 0 Å². The van der Waals surface area contributed by atoms with Crippen LogP contribution in [0.3, 0.4) is 0 Å². The molecule has 2 aromatic carbocycles. The Morgan fingerprint density at radius 1 is 1.23 bits per heavy atom. The zero-order valence-corrected chi connectivity index (χ0v) is 15.9. The van der Waals surface area contributed by atoms with Crippen LogP contribution in [0.1, 0.15) is 16.7 Å².